The third kappa shape index (κ3) is 9.84. The fourth-order valence-corrected chi connectivity index (χ4v) is 3.77. The summed E-state index contributed by atoms with van der Waals surface area (Å²) in [5.41, 5.74) is 0. The lowest BCUT2D eigenvalue weighted by Crippen LogP contribution is -2.05. The average molecular weight is 323 g/mol. The summed E-state index contributed by atoms with van der Waals surface area (Å²) >= 11 is 0. The molecular weight excluding hydrogens is 284 g/mol. The Hall–Kier alpha value is -0.790. The minimum absolute atomic E-state index is 0.0649. The standard InChI is InChI=1S/C21H38O2/c1-3-4-5-6-7-10-14-19-16-13-17-20(19)15-11-8-9-12-18-21(22)23-2/h10,14,19-20H,3-9,11-13,15-18H2,1-2H3/t19-,20-/m0/s1. The van der Waals surface area contributed by atoms with Crippen LogP contribution < -0.4 is 0 Å². The number of allylic oxidation sites excluding steroid dienone is 2. The number of esters is 1. The van der Waals surface area contributed by atoms with Gasteiger partial charge in [0, 0.05) is 6.42 Å². The first kappa shape index (κ1) is 20.3. The van der Waals surface area contributed by atoms with Gasteiger partial charge >= 0.3 is 5.97 Å². The Morgan fingerprint density at radius 2 is 1.83 bits per heavy atom. The van der Waals surface area contributed by atoms with Gasteiger partial charge in [0.25, 0.3) is 0 Å². The molecule has 134 valence electrons. The molecule has 2 nitrogen and oxygen atoms in total. The zero-order valence-electron chi connectivity index (χ0n) is 15.5. The fraction of sp³-hybridized carbons (Fsp3) is 0.857. The first-order valence-electron chi connectivity index (χ1n) is 10.0. The van der Waals surface area contributed by atoms with Gasteiger partial charge in [0.15, 0.2) is 0 Å². The van der Waals surface area contributed by atoms with Crippen molar-refractivity contribution in [3.05, 3.63) is 12.2 Å². The third-order valence-electron chi connectivity index (χ3n) is 5.26. The molecule has 0 N–H and O–H groups in total. The summed E-state index contributed by atoms with van der Waals surface area (Å²) in [6.45, 7) is 2.27. The lowest BCUT2D eigenvalue weighted by atomic mass is 9.90. The monoisotopic (exact) mass is 322 g/mol. The Labute approximate surface area is 144 Å². The Morgan fingerprint density at radius 3 is 2.61 bits per heavy atom. The molecule has 1 aliphatic rings. The quantitative estimate of drug-likeness (QED) is 0.221. The van der Waals surface area contributed by atoms with Crippen LogP contribution in [0.5, 0.6) is 0 Å². The molecule has 2 heteroatoms. The molecule has 23 heavy (non-hydrogen) atoms. The van der Waals surface area contributed by atoms with Gasteiger partial charge in [-0.25, -0.2) is 0 Å². The van der Waals surface area contributed by atoms with E-state index < -0.39 is 0 Å². The SMILES string of the molecule is CCCCCCC=C[C@H]1CCC[C@@H]1CCCCCCC(=O)OC. The van der Waals surface area contributed by atoms with E-state index in [9.17, 15) is 4.79 Å². The predicted molar refractivity (Wildman–Crippen MR) is 98.4 cm³/mol. The highest BCUT2D eigenvalue weighted by atomic mass is 16.5. The normalized spacial score (nSPS) is 21.1. The molecule has 1 aliphatic carbocycles. The Balaban J connectivity index is 2.06. The minimum Gasteiger partial charge on any atom is -0.469 e. The van der Waals surface area contributed by atoms with Crippen LogP contribution in [0, 0.1) is 11.8 Å². The van der Waals surface area contributed by atoms with E-state index in [1.165, 1.54) is 84.2 Å². The maximum atomic E-state index is 11.1. The number of carbonyl (C=O) groups excluding carboxylic acids is 1. The molecule has 0 aromatic rings. The number of unbranched alkanes of at least 4 members (excludes halogenated alkanes) is 7. The van der Waals surface area contributed by atoms with Crippen LogP contribution in [0.4, 0.5) is 0 Å². The Morgan fingerprint density at radius 1 is 1.04 bits per heavy atom. The fourth-order valence-electron chi connectivity index (χ4n) is 3.77. The first-order chi connectivity index (χ1) is 11.3. The van der Waals surface area contributed by atoms with Crippen LogP contribution >= 0.6 is 0 Å². The van der Waals surface area contributed by atoms with Crippen molar-refractivity contribution in [3.63, 3.8) is 0 Å². The van der Waals surface area contributed by atoms with Gasteiger partial charge in [0.1, 0.15) is 0 Å². The minimum atomic E-state index is -0.0649. The molecule has 0 bridgehead atoms. The van der Waals surface area contributed by atoms with Crippen molar-refractivity contribution in [2.45, 2.75) is 96.8 Å². The second kappa shape index (κ2) is 13.6. The largest absolute Gasteiger partial charge is 0.469 e. The maximum absolute atomic E-state index is 11.1. The number of hydrogen-bond acceptors (Lipinski definition) is 2. The van der Waals surface area contributed by atoms with Crippen LogP contribution in [0.1, 0.15) is 96.8 Å². The molecule has 0 aliphatic heterocycles. The number of ether oxygens (including phenoxy) is 1. The molecule has 0 radical (unpaired) electrons. The van der Waals surface area contributed by atoms with E-state index in [-0.39, 0.29) is 5.97 Å². The molecule has 1 saturated carbocycles. The molecule has 0 spiro atoms. The van der Waals surface area contributed by atoms with Crippen LogP contribution in [0.3, 0.4) is 0 Å². The second-order valence-corrected chi connectivity index (χ2v) is 7.16. The van der Waals surface area contributed by atoms with Gasteiger partial charge in [-0.1, -0.05) is 64.0 Å². The zero-order chi connectivity index (χ0) is 16.8. The summed E-state index contributed by atoms with van der Waals surface area (Å²) in [6, 6.07) is 0. The van der Waals surface area contributed by atoms with Crippen molar-refractivity contribution < 1.29 is 9.53 Å². The number of carbonyl (C=O) groups is 1. The van der Waals surface area contributed by atoms with Gasteiger partial charge in [-0.05, 0) is 50.4 Å². The van der Waals surface area contributed by atoms with Gasteiger partial charge < -0.3 is 4.74 Å². The highest BCUT2D eigenvalue weighted by Gasteiger charge is 2.24. The first-order valence-corrected chi connectivity index (χ1v) is 10.0. The summed E-state index contributed by atoms with van der Waals surface area (Å²) < 4.78 is 4.67. The van der Waals surface area contributed by atoms with E-state index in [1.54, 1.807) is 0 Å². The molecule has 0 amide bonds. The van der Waals surface area contributed by atoms with E-state index in [0.717, 1.165) is 18.3 Å². The van der Waals surface area contributed by atoms with Gasteiger partial charge in [0.05, 0.1) is 7.11 Å². The number of methoxy groups -OCH3 is 1. The summed E-state index contributed by atoms with van der Waals surface area (Å²) in [7, 11) is 1.47. The van der Waals surface area contributed by atoms with Crippen LogP contribution in [0.2, 0.25) is 0 Å². The average Bonchev–Trinajstić information content (AvgIpc) is 3.01. The van der Waals surface area contributed by atoms with Crippen LogP contribution in [0.15, 0.2) is 12.2 Å². The van der Waals surface area contributed by atoms with E-state index in [2.05, 4.69) is 23.8 Å². The van der Waals surface area contributed by atoms with Gasteiger partial charge in [0.2, 0.25) is 0 Å². The Bertz CT molecular complexity index is 322. The molecular formula is C21H38O2. The third-order valence-corrected chi connectivity index (χ3v) is 5.26. The Kier molecular flexibility index (Phi) is 12.0. The maximum Gasteiger partial charge on any atom is 0.305 e. The summed E-state index contributed by atoms with van der Waals surface area (Å²) in [5, 5.41) is 0. The van der Waals surface area contributed by atoms with Crippen LogP contribution in [-0.2, 0) is 9.53 Å². The highest BCUT2D eigenvalue weighted by Crippen LogP contribution is 2.36. The number of rotatable bonds is 13. The molecule has 1 fully saturated rings. The van der Waals surface area contributed by atoms with Gasteiger partial charge in [-0.15, -0.1) is 0 Å². The highest BCUT2D eigenvalue weighted by molar-refractivity contribution is 5.68. The molecule has 1 rings (SSSR count). The molecule has 0 saturated heterocycles. The van der Waals surface area contributed by atoms with Crippen molar-refractivity contribution >= 4 is 5.97 Å². The van der Waals surface area contributed by atoms with E-state index >= 15 is 0 Å². The van der Waals surface area contributed by atoms with Crippen molar-refractivity contribution in [1.29, 1.82) is 0 Å². The van der Waals surface area contributed by atoms with Gasteiger partial charge in [-0.2, -0.15) is 0 Å². The summed E-state index contributed by atoms with van der Waals surface area (Å²) in [6.07, 6.45) is 22.7. The van der Waals surface area contributed by atoms with Crippen LogP contribution in [0.25, 0.3) is 0 Å². The van der Waals surface area contributed by atoms with E-state index in [4.69, 9.17) is 0 Å². The van der Waals surface area contributed by atoms with E-state index in [1.807, 2.05) is 0 Å². The second-order valence-electron chi connectivity index (χ2n) is 7.16. The van der Waals surface area contributed by atoms with Crippen molar-refractivity contribution in [2.24, 2.45) is 11.8 Å². The lowest BCUT2D eigenvalue weighted by Gasteiger charge is -2.16. The molecule has 0 aromatic heterocycles. The van der Waals surface area contributed by atoms with E-state index in [0.29, 0.717) is 6.42 Å². The van der Waals surface area contributed by atoms with Crippen molar-refractivity contribution in [3.8, 4) is 0 Å². The molecule has 0 aromatic carbocycles. The number of hydrogen-bond donors (Lipinski definition) is 0. The lowest BCUT2D eigenvalue weighted by molar-refractivity contribution is -0.140. The molecule has 0 unspecified atom stereocenters. The zero-order valence-corrected chi connectivity index (χ0v) is 15.5. The predicted octanol–water partition coefficient (Wildman–Crippen LogP) is 6.44. The molecule has 2 atom stereocenters. The summed E-state index contributed by atoms with van der Waals surface area (Å²) in [4.78, 5) is 11.1. The van der Waals surface area contributed by atoms with Crippen LogP contribution in [-0.4, -0.2) is 13.1 Å². The topological polar surface area (TPSA) is 26.3 Å². The van der Waals surface area contributed by atoms with Crippen molar-refractivity contribution in [1.82, 2.24) is 0 Å². The van der Waals surface area contributed by atoms with Crippen molar-refractivity contribution in [2.75, 3.05) is 7.11 Å². The molecule has 0 heterocycles. The summed E-state index contributed by atoms with van der Waals surface area (Å²) in [5.74, 6) is 1.70. The smallest absolute Gasteiger partial charge is 0.305 e. The van der Waals surface area contributed by atoms with Gasteiger partial charge in [-0.3, -0.25) is 4.79 Å².